The second-order valence-corrected chi connectivity index (χ2v) is 4.25. The molecule has 0 aliphatic heterocycles. The summed E-state index contributed by atoms with van der Waals surface area (Å²) in [7, 11) is 2.97. The second-order valence-electron chi connectivity index (χ2n) is 4.25. The number of likely N-dealkylation sites (N-methyl/N-ethyl adjacent to an activating group) is 1. The minimum Gasteiger partial charge on any atom is -0.466 e. The largest absolute Gasteiger partial charge is 0.466 e. The highest BCUT2D eigenvalue weighted by atomic mass is 16.5. The third-order valence-corrected chi connectivity index (χ3v) is 2.65. The Morgan fingerprint density at radius 3 is 2.67 bits per heavy atom. The van der Waals surface area contributed by atoms with Crippen molar-refractivity contribution in [1.29, 1.82) is 0 Å². The van der Waals surface area contributed by atoms with E-state index in [-0.39, 0.29) is 30.3 Å². The zero-order chi connectivity index (χ0) is 15.2. The number of carbonyl (C=O) groups is 2. The molecule has 0 saturated carbocycles. The van der Waals surface area contributed by atoms with Crippen molar-refractivity contribution < 1.29 is 14.3 Å². The molecule has 0 bridgehead atoms. The van der Waals surface area contributed by atoms with Crippen LogP contribution >= 0.6 is 0 Å². The normalized spacial score (nSPS) is 10.0. The fraction of sp³-hybridized carbons (Fsp3) is 0.231. The molecule has 2 aromatic rings. The molecule has 0 fully saturated rings. The minimum atomic E-state index is -0.388. The van der Waals surface area contributed by atoms with Crippen molar-refractivity contribution in [1.82, 2.24) is 20.1 Å². The lowest BCUT2D eigenvalue weighted by Crippen LogP contribution is -2.35. The van der Waals surface area contributed by atoms with Crippen LogP contribution in [0.15, 0.2) is 30.3 Å². The molecular weight excluding hydrogens is 274 g/mol. The predicted octanol–water partition coefficient (Wildman–Crippen LogP) is 0.524. The average molecular weight is 289 g/mol. The van der Waals surface area contributed by atoms with E-state index in [0.29, 0.717) is 5.56 Å². The van der Waals surface area contributed by atoms with Crippen molar-refractivity contribution >= 4 is 17.8 Å². The maximum absolute atomic E-state index is 12.1. The summed E-state index contributed by atoms with van der Waals surface area (Å²) < 4.78 is 4.78. The molecule has 0 radical (unpaired) electrons. The lowest BCUT2D eigenvalue weighted by molar-refractivity contribution is -0.116. The summed E-state index contributed by atoms with van der Waals surface area (Å²) in [6.07, 6.45) is 0. The van der Waals surface area contributed by atoms with Crippen LogP contribution in [0, 0.1) is 0 Å². The quantitative estimate of drug-likeness (QED) is 0.836. The van der Waals surface area contributed by atoms with Crippen LogP contribution in [-0.4, -0.2) is 52.6 Å². The van der Waals surface area contributed by atoms with Gasteiger partial charge in [0, 0.05) is 12.6 Å². The van der Waals surface area contributed by atoms with Crippen molar-refractivity contribution in [3.63, 3.8) is 0 Å². The van der Waals surface area contributed by atoms with E-state index in [2.05, 4.69) is 20.5 Å². The maximum Gasteiger partial charge on any atom is 0.336 e. The number of carbonyl (C=O) groups excluding carboxylic acids is 2. The molecule has 8 heteroatoms. The van der Waals surface area contributed by atoms with E-state index in [0.717, 1.165) is 0 Å². The number of aromatic amines is 1. The molecule has 0 spiro atoms. The second kappa shape index (κ2) is 6.51. The first-order valence-corrected chi connectivity index (χ1v) is 6.17. The zero-order valence-electron chi connectivity index (χ0n) is 11.7. The molecular formula is C13H15N5O3. The molecule has 1 aromatic heterocycles. The van der Waals surface area contributed by atoms with E-state index < -0.39 is 0 Å². The van der Waals surface area contributed by atoms with Crippen molar-refractivity contribution in [2.45, 2.75) is 0 Å². The zero-order valence-corrected chi connectivity index (χ0v) is 11.7. The fourth-order valence-electron chi connectivity index (χ4n) is 1.65. The molecule has 2 N–H and O–H groups in total. The van der Waals surface area contributed by atoms with Gasteiger partial charge in [0.05, 0.1) is 13.7 Å². The highest BCUT2D eigenvalue weighted by Crippen LogP contribution is 2.06. The lowest BCUT2D eigenvalue weighted by atomic mass is 10.2. The summed E-state index contributed by atoms with van der Waals surface area (Å²) in [5.74, 6) is -0.459. The molecule has 110 valence electrons. The monoisotopic (exact) mass is 289 g/mol. The topological polar surface area (TPSA) is 100 Å². The number of hydrogen-bond donors (Lipinski definition) is 2. The Bertz CT molecular complexity index is 626. The van der Waals surface area contributed by atoms with Gasteiger partial charge in [-0.1, -0.05) is 18.2 Å². The Morgan fingerprint density at radius 1 is 1.33 bits per heavy atom. The summed E-state index contributed by atoms with van der Waals surface area (Å²) in [4.78, 5) is 29.1. The first kappa shape index (κ1) is 14.5. The van der Waals surface area contributed by atoms with Crippen LogP contribution in [-0.2, 0) is 4.79 Å². The number of H-pyrrole nitrogens is 1. The van der Waals surface area contributed by atoms with Gasteiger partial charge in [0.15, 0.2) is 0 Å². The van der Waals surface area contributed by atoms with Gasteiger partial charge in [-0.15, -0.1) is 5.10 Å². The van der Waals surface area contributed by atoms with E-state index in [1.165, 1.54) is 12.0 Å². The van der Waals surface area contributed by atoms with Crippen molar-refractivity contribution in [2.75, 3.05) is 26.0 Å². The summed E-state index contributed by atoms with van der Waals surface area (Å²) in [5.41, 5.74) is 0.522. The Hall–Kier alpha value is -2.90. The first-order chi connectivity index (χ1) is 10.1. The predicted molar refractivity (Wildman–Crippen MR) is 75.0 cm³/mol. The highest BCUT2D eigenvalue weighted by molar-refractivity contribution is 5.98. The molecule has 0 unspecified atom stereocenters. The van der Waals surface area contributed by atoms with E-state index in [1.54, 1.807) is 31.3 Å². The van der Waals surface area contributed by atoms with Crippen LogP contribution in [0.2, 0.25) is 0 Å². The summed E-state index contributed by atoms with van der Waals surface area (Å²) in [6.45, 7) is -0.100. The number of methoxy groups -OCH3 is 1. The number of nitrogens with zero attached hydrogens (tertiary/aromatic N) is 3. The molecule has 2 rings (SSSR count). The summed E-state index contributed by atoms with van der Waals surface area (Å²) >= 11 is 0. The van der Waals surface area contributed by atoms with Crippen LogP contribution in [0.4, 0.5) is 5.95 Å². The van der Waals surface area contributed by atoms with Crippen LogP contribution in [0.25, 0.3) is 0 Å². The Balaban J connectivity index is 1.91. The molecule has 21 heavy (non-hydrogen) atoms. The van der Waals surface area contributed by atoms with Crippen LogP contribution in [0.3, 0.4) is 0 Å². The van der Waals surface area contributed by atoms with Crippen LogP contribution in [0.1, 0.15) is 10.4 Å². The average Bonchev–Trinajstić information content (AvgIpc) is 2.94. The van der Waals surface area contributed by atoms with Gasteiger partial charge >= 0.3 is 6.01 Å². The molecule has 8 nitrogen and oxygen atoms in total. The molecule has 2 amide bonds. The molecule has 0 aliphatic carbocycles. The molecule has 0 atom stereocenters. The Labute approximate surface area is 121 Å². The summed E-state index contributed by atoms with van der Waals surface area (Å²) in [5, 5.41) is 8.69. The lowest BCUT2D eigenvalue weighted by Gasteiger charge is -2.16. The standard InChI is InChI=1S/C13H15N5O3/c1-18(11(20)9-6-4-3-5-7-9)8-10(19)14-12-15-13(21-2)17-16-12/h3-7H,8H2,1-2H3,(H2,14,15,16,17,19). The SMILES string of the molecule is COc1n[nH]c(NC(=O)CN(C)C(=O)c2ccccc2)n1. The first-order valence-electron chi connectivity index (χ1n) is 6.17. The number of amides is 2. The number of anilines is 1. The van der Waals surface area contributed by atoms with Gasteiger partial charge in [0.25, 0.3) is 5.91 Å². The number of hydrogen-bond acceptors (Lipinski definition) is 5. The molecule has 1 heterocycles. The van der Waals surface area contributed by atoms with Gasteiger partial charge in [0.2, 0.25) is 11.9 Å². The van der Waals surface area contributed by atoms with Gasteiger partial charge in [-0.25, -0.2) is 5.10 Å². The van der Waals surface area contributed by atoms with Gasteiger partial charge in [-0.3, -0.25) is 14.9 Å². The van der Waals surface area contributed by atoms with Crippen LogP contribution in [0.5, 0.6) is 6.01 Å². The van der Waals surface area contributed by atoms with E-state index >= 15 is 0 Å². The van der Waals surface area contributed by atoms with Crippen LogP contribution < -0.4 is 10.1 Å². The smallest absolute Gasteiger partial charge is 0.336 e. The fourth-order valence-corrected chi connectivity index (χ4v) is 1.65. The van der Waals surface area contributed by atoms with E-state index in [9.17, 15) is 9.59 Å². The van der Waals surface area contributed by atoms with Crippen molar-refractivity contribution in [2.24, 2.45) is 0 Å². The number of aromatic nitrogens is 3. The van der Waals surface area contributed by atoms with Crippen molar-refractivity contribution in [3.8, 4) is 6.01 Å². The van der Waals surface area contributed by atoms with Gasteiger partial charge in [-0.05, 0) is 12.1 Å². The number of rotatable bonds is 5. The van der Waals surface area contributed by atoms with E-state index in [1.807, 2.05) is 6.07 Å². The van der Waals surface area contributed by atoms with E-state index in [4.69, 9.17) is 4.74 Å². The minimum absolute atomic E-state index is 0.100. The Kier molecular flexibility index (Phi) is 4.50. The molecule has 1 aromatic carbocycles. The maximum atomic E-state index is 12.1. The molecule has 0 saturated heterocycles. The molecule has 0 aliphatic rings. The van der Waals surface area contributed by atoms with Gasteiger partial charge < -0.3 is 9.64 Å². The number of ether oxygens (including phenoxy) is 1. The highest BCUT2D eigenvalue weighted by Gasteiger charge is 2.15. The third-order valence-electron chi connectivity index (χ3n) is 2.65. The van der Waals surface area contributed by atoms with Gasteiger partial charge in [-0.2, -0.15) is 4.98 Å². The number of nitrogens with one attached hydrogen (secondary N) is 2. The number of benzene rings is 1. The summed E-state index contributed by atoms with van der Waals surface area (Å²) in [6, 6.07) is 8.86. The Morgan fingerprint density at radius 2 is 2.05 bits per heavy atom. The van der Waals surface area contributed by atoms with Gasteiger partial charge in [0.1, 0.15) is 0 Å². The van der Waals surface area contributed by atoms with Crippen molar-refractivity contribution in [3.05, 3.63) is 35.9 Å². The third kappa shape index (κ3) is 3.78.